The Labute approximate surface area is 126 Å². The zero-order valence-electron chi connectivity index (χ0n) is 11.7. The molecule has 0 saturated carbocycles. The number of fused-ring (bicyclic) bond motifs is 2. The van der Waals surface area contributed by atoms with Crippen LogP contribution in [0, 0.1) is 5.82 Å². The highest BCUT2D eigenvalue weighted by Crippen LogP contribution is 2.44. The Morgan fingerprint density at radius 2 is 2.00 bits per heavy atom. The van der Waals surface area contributed by atoms with E-state index in [1.807, 2.05) is 30.3 Å². The van der Waals surface area contributed by atoms with Crippen LogP contribution in [0.15, 0.2) is 48.5 Å². The fourth-order valence-corrected chi connectivity index (χ4v) is 3.07. The molecule has 0 radical (unpaired) electrons. The van der Waals surface area contributed by atoms with Crippen LogP contribution in [0.5, 0.6) is 5.75 Å². The van der Waals surface area contributed by atoms with Crippen molar-refractivity contribution in [1.82, 2.24) is 5.32 Å². The van der Waals surface area contributed by atoms with E-state index in [0.717, 1.165) is 5.56 Å². The standard InChI is InChI=1S/C17H14FNO3/c18-12-6-7-14-13(10-12)17(8-9-21-14)16(20)22-15(19-17)11-4-2-1-3-5-11/h1-7,10,15,19H,8-9H2. The third kappa shape index (κ3) is 1.89. The second kappa shape index (κ2) is 4.81. The van der Waals surface area contributed by atoms with Crippen LogP contribution in [0.2, 0.25) is 0 Å². The summed E-state index contributed by atoms with van der Waals surface area (Å²) in [6, 6.07) is 13.7. The van der Waals surface area contributed by atoms with Crippen molar-refractivity contribution in [2.75, 3.05) is 6.61 Å². The van der Waals surface area contributed by atoms with Crippen molar-refractivity contribution in [2.45, 2.75) is 18.2 Å². The van der Waals surface area contributed by atoms with E-state index in [4.69, 9.17) is 9.47 Å². The lowest BCUT2D eigenvalue weighted by molar-refractivity contribution is -0.146. The minimum atomic E-state index is -1.05. The summed E-state index contributed by atoms with van der Waals surface area (Å²) in [7, 11) is 0. The van der Waals surface area contributed by atoms with Gasteiger partial charge in [0.05, 0.1) is 6.61 Å². The molecule has 0 aromatic heterocycles. The van der Waals surface area contributed by atoms with Crippen molar-refractivity contribution in [3.63, 3.8) is 0 Å². The first-order valence-electron chi connectivity index (χ1n) is 7.16. The van der Waals surface area contributed by atoms with E-state index in [2.05, 4.69) is 5.32 Å². The number of carbonyl (C=O) groups excluding carboxylic acids is 1. The maximum atomic E-state index is 13.6. The molecule has 0 aliphatic carbocycles. The number of ether oxygens (including phenoxy) is 2. The van der Waals surface area contributed by atoms with Gasteiger partial charge in [0.1, 0.15) is 11.6 Å². The minimum absolute atomic E-state index is 0.377. The van der Waals surface area contributed by atoms with Gasteiger partial charge in [0.2, 0.25) is 0 Å². The summed E-state index contributed by atoms with van der Waals surface area (Å²) in [5, 5.41) is 3.24. The summed E-state index contributed by atoms with van der Waals surface area (Å²) in [6.45, 7) is 0.377. The van der Waals surface area contributed by atoms with E-state index in [9.17, 15) is 9.18 Å². The lowest BCUT2D eigenvalue weighted by Crippen LogP contribution is -2.46. The number of cyclic esters (lactones) is 1. The van der Waals surface area contributed by atoms with Crippen LogP contribution in [-0.2, 0) is 15.1 Å². The third-order valence-electron chi connectivity index (χ3n) is 4.19. The molecule has 1 fully saturated rings. The van der Waals surface area contributed by atoms with Crippen molar-refractivity contribution in [2.24, 2.45) is 0 Å². The maximum Gasteiger partial charge on any atom is 0.333 e. The molecule has 1 spiro atoms. The van der Waals surface area contributed by atoms with Crippen molar-refractivity contribution in [3.8, 4) is 5.75 Å². The van der Waals surface area contributed by atoms with Gasteiger partial charge in [-0.1, -0.05) is 30.3 Å². The topological polar surface area (TPSA) is 47.6 Å². The summed E-state index contributed by atoms with van der Waals surface area (Å²) in [6.07, 6.45) is -0.131. The van der Waals surface area contributed by atoms with Crippen LogP contribution in [0.1, 0.15) is 23.8 Å². The molecule has 2 aliphatic rings. The number of carbonyl (C=O) groups is 1. The molecule has 112 valence electrons. The van der Waals surface area contributed by atoms with E-state index < -0.39 is 23.6 Å². The van der Waals surface area contributed by atoms with Crippen LogP contribution >= 0.6 is 0 Å². The molecule has 1 saturated heterocycles. The fourth-order valence-electron chi connectivity index (χ4n) is 3.07. The Bertz CT molecular complexity index is 734. The van der Waals surface area contributed by atoms with Crippen LogP contribution in [0.3, 0.4) is 0 Å². The molecule has 2 unspecified atom stereocenters. The normalized spacial score (nSPS) is 26.4. The molecule has 4 rings (SSSR count). The molecule has 2 aliphatic heterocycles. The molecule has 2 heterocycles. The number of hydrogen-bond acceptors (Lipinski definition) is 4. The summed E-state index contributed by atoms with van der Waals surface area (Å²) < 4.78 is 24.7. The van der Waals surface area contributed by atoms with Crippen molar-refractivity contribution < 1.29 is 18.7 Å². The molecule has 0 amide bonds. The van der Waals surface area contributed by atoms with E-state index in [-0.39, 0.29) is 0 Å². The van der Waals surface area contributed by atoms with Crippen molar-refractivity contribution >= 4 is 5.97 Å². The van der Waals surface area contributed by atoms with Gasteiger partial charge in [0, 0.05) is 17.5 Å². The zero-order chi connectivity index (χ0) is 15.2. The van der Waals surface area contributed by atoms with E-state index >= 15 is 0 Å². The minimum Gasteiger partial charge on any atom is -0.493 e. The average Bonchev–Trinajstić information content (AvgIpc) is 2.87. The monoisotopic (exact) mass is 299 g/mol. The quantitative estimate of drug-likeness (QED) is 0.822. The Balaban J connectivity index is 1.77. The first kappa shape index (κ1) is 13.3. The summed E-state index contributed by atoms with van der Waals surface area (Å²) in [5.74, 6) is -0.274. The van der Waals surface area contributed by atoms with Gasteiger partial charge in [0.25, 0.3) is 0 Å². The lowest BCUT2D eigenvalue weighted by atomic mass is 9.85. The molecule has 22 heavy (non-hydrogen) atoms. The van der Waals surface area contributed by atoms with Gasteiger partial charge >= 0.3 is 5.97 Å². The number of nitrogens with one attached hydrogen (secondary N) is 1. The molecule has 1 N–H and O–H groups in total. The van der Waals surface area contributed by atoms with Gasteiger partial charge in [-0.15, -0.1) is 0 Å². The zero-order valence-corrected chi connectivity index (χ0v) is 11.7. The molecule has 2 aromatic carbocycles. The number of esters is 1. The number of benzene rings is 2. The van der Waals surface area contributed by atoms with Crippen molar-refractivity contribution in [1.29, 1.82) is 0 Å². The average molecular weight is 299 g/mol. The molecule has 4 nitrogen and oxygen atoms in total. The predicted octanol–water partition coefficient (Wildman–Crippen LogP) is 2.65. The first-order valence-corrected chi connectivity index (χ1v) is 7.16. The summed E-state index contributed by atoms with van der Waals surface area (Å²) >= 11 is 0. The van der Waals surface area contributed by atoms with E-state index in [1.165, 1.54) is 12.1 Å². The smallest absolute Gasteiger partial charge is 0.333 e. The van der Waals surface area contributed by atoms with Gasteiger partial charge in [-0.2, -0.15) is 0 Å². The van der Waals surface area contributed by atoms with Crippen molar-refractivity contribution in [3.05, 3.63) is 65.5 Å². The second-order valence-electron chi connectivity index (χ2n) is 5.48. The molecular formula is C17H14FNO3. The molecular weight excluding hydrogens is 285 g/mol. The first-order chi connectivity index (χ1) is 10.7. The van der Waals surface area contributed by atoms with Crippen LogP contribution in [-0.4, -0.2) is 12.6 Å². The van der Waals surface area contributed by atoms with Crippen LogP contribution in [0.4, 0.5) is 4.39 Å². The Morgan fingerprint density at radius 3 is 2.82 bits per heavy atom. The summed E-state index contributed by atoms with van der Waals surface area (Å²) in [5.41, 5.74) is 0.315. The SMILES string of the molecule is O=C1OC(c2ccccc2)NC12CCOc1ccc(F)cc12. The number of hydrogen-bond donors (Lipinski definition) is 1. The Hall–Kier alpha value is -2.40. The Kier molecular flexibility index (Phi) is 2.90. The maximum absolute atomic E-state index is 13.6. The van der Waals surface area contributed by atoms with Gasteiger partial charge in [-0.25, -0.2) is 9.18 Å². The van der Waals surface area contributed by atoms with Crippen LogP contribution in [0.25, 0.3) is 0 Å². The molecule has 0 bridgehead atoms. The molecule has 5 heteroatoms. The Morgan fingerprint density at radius 1 is 1.18 bits per heavy atom. The largest absolute Gasteiger partial charge is 0.493 e. The van der Waals surface area contributed by atoms with Gasteiger partial charge in [-0.05, 0) is 18.2 Å². The molecule has 2 aromatic rings. The highest BCUT2D eigenvalue weighted by molar-refractivity contribution is 5.86. The predicted molar refractivity (Wildman–Crippen MR) is 76.6 cm³/mol. The van der Waals surface area contributed by atoms with Crippen LogP contribution < -0.4 is 10.1 Å². The van der Waals surface area contributed by atoms with E-state index in [1.54, 1.807) is 6.07 Å². The molecule has 2 atom stereocenters. The van der Waals surface area contributed by atoms with E-state index in [0.29, 0.717) is 24.3 Å². The highest BCUT2D eigenvalue weighted by atomic mass is 19.1. The lowest BCUT2D eigenvalue weighted by Gasteiger charge is -2.32. The number of halogens is 1. The fraction of sp³-hybridized carbons (Fsp3) is 0.235. The highest BCUT2D eigenvalue weighted by Gasteiger charge is 2.53. The third-order valence-corrected chi connectivity index (χ3v) is 4.19. The summed E-state index contributed by atoms with van der Waals surface area (Å²) in [4.78, 5) is 12.5. The van der Waals surface area contributed by atoms with Gasteiger partial charge < -0.3 is 9.47 Å². The van der Waals surface area contributed by atoms with Gasteiger partial charge in [0.15, 0.2) is 11.8 Å². The number of rotatable bonds is 1. The van der Waals surface area contributed by atoms with Gasteiger partial charge in [-0.3, -0.25) is 5.32 Å². The second-order valence-corrected chi connectivity index (χ2v) is 5.48.